The van der Waals surface area contributed by atoms with Crippen LogP contribution in [0.4, 0.5) is 13.2 Å². The third-order valence-electron chi connectivity index (χ3n) is 3.33. The molecule has 5 heteroatoms. The summed E-state index contributed by atoms with van der Waals surface area (Å²) in [4.78, 5) is 2.23. The third kappa shape index (κ3) is 4.51. The SMILES string of the molecule is CC1CCCN1Cc1cccc(C(F)(F)F)c1.CO. The van der Waals surface area contributed by atoms with E-state index in [2.05, 4.69) is 11.8 Å². The minimum absolute atomic E-state index is 0.476. The molecule has 1 aliphatic rings. The monoisotopic (exact) mass is 275 g/mol. The average Bonchev–Trinajstić information content (AvgIpc) is 2.77. The molecule has 0 radical (unpaired) electrons. The van der Waals surface area contributed by atoms with Crippen molar-refractivity contribution in [2.24, 2.45) is 0 Å². The smallest absolute Gasteiger partial charge is 0.400 e. The van der Waals surface area contributed by atoms with E-state index in [0.717, 1.165) is 38.1 Å². The van der Waals surface area contributed by atoms with Crippen LogP contribution >= 0.6 is 0 Å². The first-order valence-corrected chi connectivity index (χ1v) is 6.32. The number of benzene rings is 1. The number of halogens is 3. The Labute approximate surface area is 111 Å². The maximum atomic E-state index is 12.5. The van der Waals surface area contributed by atoms with Crippen LogP contribution < -0.4 is 0 Å². The molecule has 1 fully saturated rings. The van der Waals surface area contributed by atoms with Gasteiger partial charge < -0.3 is 5.11 Å². The molecule has 0 bridgehead atoms. The van der Waals surface area contributed by atoms with E-state index in [1.54, 1.807) is 6.07 Å². The van der Waals surface area contributed by atoms with Crippen LogP contribution in [0.2, 0.25) is 0 Å². The van der Waals surface area contributed by atoms with Gasteiger partial charge in [-0.3, -0.25) is 4.90 Å². The van der Waals surface area contributed by atoms with Crippen LogP contribution in [0.1, 0.15) is 30.9 Å². The van der Waals surface area contributed by atoms with Crippen molar-refractivity contribution < 1.29 is 18.3 Å². The zero-order chi connectivity index (χ0) is 14.5. The first kappa shape index (κ1) is 16.0. The summed E-state index contributed by atoms with van der Waals surface area (Å²) in [7, 11) is 1.00. The molecule has 1 aromatic carbocycles. The number of alkyl halides is 3. The van der Waals surface area contributed by atoms with Crippen molar-refractivity contribution in [1.29, 1.82) is 0 Å². The highest BCUT2D eigenvalue weighted by Crippen LogP contribution is 2.30. The van der Waals surface area contributed by atoms with Crippen LogP contribution in [-0.2, 0) is 12.7 Å². The summed E-state index contributed by atoms with van der Waals surface area (Å²) < 4.78 is 37.6. The molecule has 0 amide bonds. The molecule has 1 N–H and O–H groups in total. The van der Waals surface area contributed by atoms with E-state index in [4.69, 9.17) is 5.11 Å². The lowest BCUT2D eigenvalue weighted by molar-refractivity contribution is -0.137. The first-order valence-electron chi connectivity index (χ1n) is 6.32. The summed E-state index contributed by atoms with van der Waals surface area (Å²) in [5.74, 6) is 0. The van der Waals surface area contributed by atoms with Crippen molar-refractivity contribution in [3.8, 4) is 0 Å². The Kier molecular flexibility index (Phi) is 5.82. The zero-order valence-corrected chi connectivity index (χ0v) is 11.2. The van der Waals surface area contributed by atoms with Gasteiger partial charge in [-0.05, 0) is 37.9 Å². The fraction of sp³-hybridized carbons (Fsp3) is 0.571. The largest absolute Gasteiger partial charge is 0.416 e. The quantitative estimate of drug-likeness (QED) is 0.895. The number of hydrogen-bond acceptors (Lipinski definition) is 2. The van der Waals surface area contributed by atoms with Crippen molar-refractivity contribution in [1.82, 2.24) is 4.90 Å². The molecule has 1 aromatic rings. The highest BCUT2D eigenvalue weighted by molar-refractivity contribution is 5.25. The van der Waals surface area contributed by atoms with Crippen molar-refractivity contribution in [3.63, 3.8) is 0 Å². The van der Waals surface area contributed by atoms with Gasteiger partial charge in [0.15, 0.2) is 0 Å². The average molecular weight is 275 g/mol. The van der Waals surface area contributed by atoms with Crippen LogP contribution in [0.3, 0.4) is 0 Å². The van der Waals surface area contributed by atoms with Crippen molar-refractivity contribution in [2.75, 3.05) is 13.7 Å². The fourth-order valence-electron chi connectivity index (χ4n) is 2.31. The van der Waals surface area contributed by atoms with Crippen LogP contribution in [0.25, 0.3) is 0 Å². The Morgan fingerprint density at radius 1 is 1.32 bits per heavy atom. The molecular weight excluding hydrogens is 255 g/mol. The number of nitrogens with zero attached hydrogens (tertiary/aromatic N) is 1. The normalized spacial score (nSPS) is 20.0. The van der Waals surface area contributed by atoms with E-state index >= 15 is 0 Å². The Bertz CT molecular complexity index is 393. The molecule has 108 valence electrons. The standard InChI is InChI=1S/C13H16F3N.CH4O/c1-10-4-3-7-17(10)9-11-5-2-6-12(8-11)13(14,15)16;1-2/h2,5-6,8,10H,3-4,7,9H2,1H3;2H,1H3. The van der Waals surface area contributed by atoms with E-state index < -0.39 is 11.7 Å². The Balaban J connectivity index is 0.000000861. The number of hydrogen-bond donors (Lipinski definition) is 1. The van der Waals surface area contributed by atoms with Gasteiger partial charge in [-0.1, -0.05) is 18.2 Å². The summed E-state index contributed by atoms with van der Waals surface area (Å²) in [5, 5.41) is 7.00. The lowest BCUT2D eigenvalue weighted by atomic mass is 10.1. The van der Waals surface area contributed by atoms with Crippen LogP contribution in [0.15, 0.2) is 24.3 Å². The second kappa shape index (κ2) is 6.91. The minimum Gasteiger partial charge on any atom is -0.400 e. The number of aliphatic hydroxyl groups is 1. The van der Waals surface area contributed by atoms with E-state index in [9.17, 15) is 13.2 Å². The van der Waals surface area contributed by atoms with E-state index in [1.165, 1.54) is 12.1 Å². The lowest BCUT2D eigenvalue weighted by Gasteiger charge is -2.21. The molecule has 0 spiro atoms. The van der Waals surface area contributed by atoms with Gasteiger partial charge in [0.05, 0.1) is 5.56 Å². The molecule has 1 aliphatic heterocycles. The predicted molar refractivity (Wildman–Crippen MR) is 68.7 cm³/mol. The Morgan fingerprint density at radius 3 is 2.53 bits per heavy atom. The Morgan fingerprint density at radius 2 is 2.00 bits per heavy atom. The van der Waals surface area contributed by atoms with E-state index in [0.29, 0.717) is 12.6 Å². The number of rotatable bonds is 2. The van der Waals surface area contributed by atoms with Gasteiger partial charge in [0.2, 0.25) is 0 Å². The van der Waals surface area contributed by atoms with E-state index in [1.807, 2.05) is 0 Å². The second-order valence-electron chi connectivity index (χ2n) is 4.66. The van der Waals surface area contributed by atoms with Gasteiger partial charge in [0.1, 0.15) is 0 Å². The summed E-state index contributed by atoms with van der Waals surface area (Å²) in [6.07, 6.45) is -1.97. The highest BCUT2D eigenvalue weighted by Gasteiger charge is 2.30. The van der Waals surface area contributed by atoms with Crippen LogP contribution in [0, 0.1) is 0 Å². The summed E-state index contributed by atoms with van der Waals surface area (Å²) in [5.41, 5.74) is 0.190. The van der Waals surface area contributed by atoms with E-state index in [-0.39, 0.29) is 0 Å². The molecule has 0 aliphatic carbocycles. The molecule has 1 unspecified atom stereocenters. The number of likely N-dealkylation sites (tertiary alicyclic amines) is 1. The molecule has 1 atom stereocenters. The maximum Gasteiger partial charge on any atom is 0.416 e. The Hall–Kier alpha value is -1.07. The zero-order valence-electron chi connectivity index (χ0n) is 11.2. The second-order valence-corrected chi connectivity index (χ2v) is 4.66. The van der Waals surface area contributed by atoms with Crippen molar-refractivity contribution in [2.45, 2.75) is 38.5 Å². The van der Waals surface area contributed by atoms with Crippen molar-refractivity contribution >= 4 is 0 Å². The molecule has 1 heterocycles. The van der Waals surface area contributed by atoms with Gasteiger partial charge in [-0.25, -0.2) is 0 Å². The molecule has 0 saturated carbocycles. The van der Waals surface area contributed by atoms with Gasteiger partial charge >= 0.3 is 6.18 Å². The molecule has 1 saturated heterocycles. The van der Waals surface area contributed by atoms with Crippen LogP contribution in [-0.4, -0.2) is 29.7 Å². The van der Waals surface area contributed by atoms with Gasteiger partial charge in [0, 0.05) is 19.7 Å². The summed E-state index contributed by atoms with van der Waals surface area (Å²) in [6.45, 7) is 3.73. The van der Waals surface area contributed by atoms with Crippen molar-refractivity contribution in [3.05, 3.63) is 35.4 Å². The predicted octanol–water partition coefficient (Wildman–Crippen LogP) is 3.30. The van der Waals surface area contributed by atoms with Gasteiger partial charge in [0.25, 0.3) is 0 Å². The highest BCUT2D eigenvalue weighted by atomic mass is 19.4. The van der Waals surface area contributed by atoms with Gasteiger partial charge in [-0.2, -0.15) is 13.2 Å². The molecule has 2 rings (SSSR count). The fourth-order valence-corrected chi connectivity index (χ4v) is 2.31. The topological polar surface area (TPSA) is 23.5 Å². The maximum absolute atomic E-state index is 12.5. The summed E-state index contributed by atoms with van der Waals surface area (Å²) >= 11 is 0. The van der Waals surface area contributed by atoms with Gasteiger partial charge in [-0.15, -0.1) is 0 Å². The third-order valence-corrected chi connectivity index (χ3v) is 3.33. The molecule has 19 heavy (non-hydrogen) atoms. The molecule has 2 nitrogen and oxygen atoms in total. The lowest BCUT2D eigenvalue weighted by Crippen LogP contribution is -2.26. The summed E-state index contributed by atoms with van der Waals surface area (Å²) in [6, 6.07) is 6.10. The first-order chi connectivity index (χ1) is 8.97. The van der Waals surface area contributed by atoms with Crippen LogP contribution in [0.5, 0.6) is 0 Å². The molecule has 0 aromatic heterocycles. The molecular formula is C14H20F3NO. The minimum atomic E-state index is -4.24. The number of aliphatic hydroxyl groups excluding tert-OH is 1.